The van der Waals surface area contributed by atoms with Gasteiger partial charge in [-0.25, -0.2) is 0 Å². The van der Waals surface area contributed by atoms with Crippen LogP contribution in [-0.2, 0) is 0 Å². The highest BCUT2D eigenvalue weighted by Crippen LogP contribution is 2.43. The van der Waals surface area contributed by atoms with Gasteiger partial charge in [0, 0.05) is 11.6 Å². The number of fused-ring (bicyclic) bond motifs is 1. The number of methoxy groups -OCH3 is 3. The molecular formula is C18H16O8. The Hall–Kier alpha value is -3.55. The minimum absolute atomic E-state index is 0.117. The van der Waals surface area contributed by atoms with Crippen LogP contribution >= 0.6 is 0 Å². The van der Waals surface area contributed by atoms with Gasteiger partial charge < -0.3 is 33.9 Å². The molecule has 0 amide bonds. The first kappa shape index (κ1) is 17.3. The van der Waals surface area contributed by atoms with Gasteiger partial charge in [0.05, 0.1) is 21.3 Å². The van der Waals surface area contributed by atoms with E-state index >= 15 is 0 Å². The summed E-state index contributed by atoms with van der Waals surface area (Å²) in [5.41, 5.74) is -0.644. The predicted molar refractivity (Wildman–Crippen MR) is 92.6 cm³/mol. The first-order valence-corrected chi connectivity index (χ1v) is 7.44. The van der Waals surface area contributed by atoms with Crippen LogP contribution in [0.1, 0.15) is 0 Å². The second-order valence-electron chi connectivity index (χ2n) is 5.33. The van der Waals surface area contributed by atoms with Gasteiger partial charge in [-0.05, 0) is 18.2 Å². The Kier molecular flexibility index (Phi) is 4.25. The fourth-order valence-electron chi connectivity index (χ4n) is 2.67. The third kappa shape index (κ3) is 2.52. The van der Waals surface area contributed by atoms with Crippen molar-refractivity contribution in [3.63, 3.8) is 0 Å². The van der Waals surface area contributed by atoms with Crippen molar-refractivity contribution in [3.8, 4) is 45.8 Å². The number of rotatable bonds is 4. The lowest BCUT2D eigenvalue weighted by Gasteiger charge is -2.12. The van der Waals surface area contributed by atoms with Crippen LogP contribution in [0.25, 0.3) is 22.3 Å². The summed E-state index contributed by atoms with van der Waals surface area (Å²) in [6, 6.07) is 5.79. The van der Waals surface area contributed by atoms with E-state index < -0.39 is 22.7 Å². The molecule has 8 heteroatoms. The molecule has 0 aliphatic carbocycles. The zero-order valence-electron chi connectivity index (χ0n) is 14.2. The van der Waals surface area contributed by atoms with E-state index in [4.69, 9.17) is 18.6 Å². The summed E-state index contributed by atoms with van der Waals surface area (Å²) in [5, 5.41) is 30.1. The summed E-state index contributed by atoms with van der Waals surface area (Å²) in [6.07, 6.45) is 0. The van der Waals surface area contributed by atoms with Gasteiger partial charge in [-0.3, -0.25) is 4.79 Å². The van der Waals surface area contributed by atoms with E-state index in [2.05, 4.69) is 0 Å². The predicted octanol–water partition coefficient (Wildman–Crippen LogP) is 2.60. The molecule has 0 fully saturated rings. The van der Waals surface area contributed by atoms with E-state index in [1.165, 1.54) is 27.4 Å². The average molecular weight is 360 g/mol. The molecule has 26 heavy (non-hydrogen) atoms. The second kappa shape index (κ2) is 6.40. The molecule has 0 aliphatic rings. The number of hydrogen-bond donors (Lipinski definition) is 3. The molecule has 8 nitrogen and oxygen atoms in total. The molecule has 0 aliphatic heterocycles. The number of aromatic hydroxyl groups is 3. The van der Waals surface area contributed by atoms with Crippen LogP contribution in [0, 0.1) is 0 Å². The molecule has 3 rings (SSSR count). The Morgan fingerprint density at radius 2 is 1.58 bits per heavy atom. The molecular weight excluding hydrogens is 344 g/mol. The maximum absolute atomic E-state index is 12.5. The summed E-state index contributed by atoms with van der Waals surface area (Å²) >= 11 is 0. The first-order valence-electron chi connectivity index (χ1n) is 7.44. The molecule has 0 saturated carbocycles. The van der Waals surface area contributed by atoms with Crippen molar-refractivity contribution < 1.29 is 33.9 Å². The van der Waals surface area contributed by atoms with Crippen LogP contribution in [-0.4, -0.2) is 36.6 Å². The third-order valence-corrected chi connectivity index (χ3v) is 3.92. The van der Waals surface area contributed by atoms with Gasteiger partial charge in [-0.2, -0.15) is 0 Å². The summed E-state index contributed by atoms with van der Waals surface area (Å²) in [7, 11) is 4.14. The minimum atomic E-state index is -0.869. The molecule has 0 spiro atoms. The van der Waals surface area contributed by atoms with Crippen molar-refractivity contribution in [1.82, 2.24) is 0 Å². The molecule has 0 saturated heterocycles. The number of phenolic OH excluding ortho intramolecular Hbond substituents is 2. The van der Waals surface area contributed by atoms with Crippen molar-refractivity contribution in [3.05, 3.63) is 34.5 Å². The third-order valence-electron chi connectivity index (χ3n) is 3.92. The molecule has 0 unspecified atom stereocenters. The Labute approximate surface area is 147 Å². The normalized spacial score (nSPS) is 10.7. The lowest BCUT2D eigenvalue weighted by Crippen LogP contribution is -2.04. The largest absolute Gasteiger partial charge is 0.504 e. The fourth-order valence-corrected chi connectivity index (χ4v) is 2.67. The summed E-state index contributed by atoms with van der Waals surface area (Å²) in [4.78, 5) is 12.5. The van der Waals surface area contributed by atoms with Gasteiger partial charge in [0.25, 0.3) is 0 Å². The van der Waals surface area contributed by atoms with Crippen LogP contribution in [0.4, 0.5) is 0 Å². The van der Waals surface area contributed by atoms with Gasteiger partial charge in [0.15, 0.2) is 28.8 Å². The molecule has 136 valence electrons. The number of phenols is 2. The van der Waals surface area contributed by atoms with E-state index in [9.17, 15) is 20.1 Å². The maximum Gasteiger partial charge on any atom is 0.238 e. The van der Waals surface area contributed by atoms with Crippen LogP contribution in [0.15, 0.2) is 33.5 Å². The van der Waals surface area contributed by atoms with Crippen molar-refractivity contribution in [2.24, 2.45) is 0 Å². The van der Waals surface area contributed by atoms with Gasteiger partial charge >= 0.3 is 0 Å². The number of benzene rings is 2. The van der Waals surface area contributed by atoms with Gasteiger partial charge in [-0.15, -0.1) is 0 Å². The van der Waals surface area contributed by atoms with E-state index in [0.717, 1.165) is 6.07 Å². The molecule has 0 atom stereocenters. The second-order valence-corrected chi connectivity index (χ2v) is 5.33. The van der Waals surface area contributed by atoms with Crippen LogP contribution in [0.2, 0.25) is 0 Å². The lowest BCUT2D eigenvalue weighted by atomic mass is 10.1. The summed E-state index contributed by atoms with van der Waals surface area (Å²) in [5.74, 6) is -1.34. The highest BCUT2D eigenvalue weighted by molar-refractivity contribution is 5.91. The highest BCUT2D eigenvalue weighted by atomic mass is 16.5. The van der Waals surface area contributed by atoms with E-state index in [0.29, 0.717) is 17.1 Å². The van der Waals surface area contributed by atoms with Crippen LogP contribution in [0.5, 0.6) is 34.5 Å². The smallest absolute Gasteiger partial charge is 0.238 e. The molecule has 3 aromatic rings. The summed E-state index contributed by atoms with van der Waals surface area (Å²) in [6.45, 7) is 0. The Morgan fingerprint density at radius 3 is 2.19 bits per heavy atom. The number of ether oxygens (including phenoxy) is 3. The molecule has 0 radical (unpaired) electrons. The zero-order valence-corrected chi connectivity index (χ0v) is 14.2. The average Bonchev–Trinajstić information content (AvgIpc) is 2.64. The van der Waals surface area contributed by atoms with Crippen molar-refractivity contribution in [2.75, 3.05) is 21.3 Å². The molecule has 1 heterocycles. The molecule has 2 aromatic carbocycles. The standard InChI is InChI=1S/C18H16O8/c1-23-10-5-4-8(6-11(10)24-2)17-16(22)14(20)13-12(26-17)7-9(19)18(25-3)15(13)21/h4-7,19,21-22H,1-3H3. The van der Waals surface area contributed by atoms with Crippen molar-refractivity contribution >= 4 is 11.0 Å². The Bertz CT molecular complexity index is 1050. The van der Waals surface area contributed by atoms with E-state index in [1.54, 1.807) is 12.1 Å². The van der Waals surface area contributed by atoms with Gasteiger partial charge in [0.1, 0.15) is 11.0 Å². The van der Waals surface area contributed by atoms with Crippen molar-refractivity contribution in [2.45, 2.75) is 0 Å². The lowest BCUT2D eigenvalue weighted by molar-refractivity contribution is 0.346. The quantitative estimate of drug-likeness (QED) is 0.650. The SMILES string of the molecule is COc1ccc(-c2oc3cc(O)c(OC)c(O)c3c(=O)c2O)cc1OC. The van der Waals surface area contributed by atoms with Crippen molar-refractivity contribution in [1.29, 1.82) is 0 Å². The van der Waals surface area contributed by atoms with E-state index in [1.807, 2.05) is 0 Å². The fraction of sp³-hybridized carbons (Fsp3) is 0.167. The molecule has 0 bridgehead atoms. The summed E-state index contributed by atoms with van der Waals surface area (Å²) < 4.78 is 20.8. The Balaban J connectivity index is 2.32. The minimum Gasteiger partial charge on any atom is -0.504 e. The van der Waals surface area contributed by atoms with Gasteiger partial charge in [-0.1, -0.05) is 0 Å². The molecule has 3 N–H and O–H groups in total. The zero-order chi connectivity index (χ0) is 19.0. The Morgan fingerprint density at radius 1 is 0.885 bits per heavy atom. The number of hydrogen-bond acceptors (Lipinski definition) is 8. The molecule has 1 aromatic heterocycles. The monoisotopic (exact) mass is 360 g/mol. The first-order chi connectivity index (χ1) is 12.4. The van der Waals surface area contributed by atoms with Crippen LogP contribution < -0.4 is 19.6 Å². The van der Waals surface area contributed by atoms with Gasteiger partial charge in [0.2, 0.25) is 16.9 Å². The highest BCUT2D eigenvalue weighted by Gasteiger charge is 2.23. The van der Waals surface area contributed by atoms with Crippen LogP contribution in [0.3, 0.4) is 0 Å². The maximum atomic E-state index is 12.5. The van der Waals surface area contributed by atoms with E-state index in [-0.39, 0.29) is 22.5 Å². The topological polar surface area (TPSA) is 119 Å².